The summed E-state index contributed by atoms with van der Waals surface area (Å²) in [6, 6.07) is 4.82. The molecule has 0 bridgehead atoms. The number of halogens is 8. The molecule has 15 heteroatoms. The van der Waals surface area contributed by atoms with E-state index in [4.69, 9.17) is 0 Å². The van der Waals surface area contributed by atoms with Gasteiger partial charge in [0.1, 0.15) is 5.54 Å². The van der Waals surface area contributed by atoms with E-state index in [2.05, 4.69) is 37.2 Å². The number of alkyl halides is 6. The molecular formula is C27H24Br2F6N4O3. The minimum Gasteiger partial charge on any atom is -0.360 e. The van der Waals surface area contributed by atoms with Gasteiger partial charge < -0.3 is 10.0 Å². The summed E-state index contributed by atoms with van der Waals surface area (Å²) in [5.41, 5.74) is -0.912. The van der Waals surface area contributed by atoms with Gasteiger partial charge in [0.2, 0.25) is 12.3 Å². The highest BCUT2D eigenvalue weighted by Crippen LogP contribution is 2.48. The number of aliphatic hydroxyl groups is 1. The van der Waals surface area contributed by atoms with Crippen molar-refractivity contribution in [2.45, 2.75) is 76.1 Å². The third-order valence-corrected chi connectivity index (χ3v) is 9.80. The number of benzene rings is 2. The Kier molecular flexibility index (Phi) is 7.24. The SMILES string of the molecule is O=C(CC[C@@]1(C2CC2)NC(O)N(N2Cc3cc(Br)c(C(F)(F)F)cc3C2)C1=O)N1Cc2cc(Br)c(C(F)(F)F)cc2C1. The number of fused-ring (bicyclic) bond motifs is 2. The van der Waals surface area contributed by atoms with Crippen molar-refractivity contribution < 1.29 is 41.0 Å². The highest BCUT2D eigenvalue weighted by molar-refractivity contribution is 9.10. The first-order valence-electron chi connectivity index (χ1n) is 13.2. The fourth-order valence-corrected chi connectivity index (χ4v) is 7.48. The van der Waals surface area contributed by atoms with Crippen molar-refractivity contribution in [1.82, 2.24) is 20.2 Å². The van der Waals surface area contributed by atoms with E-state index >= 15 is 0 Å². The zero-order chi connectivity index (χ0) is 30.4. The summed E-state index contributed by atoms with van der Waals surface area (Å²) in [6.07, 6.45) is -9.19. The summed E-state index contributed by atoms with van der Waals surface area (Å²) >= 11 is 5.94. The van der Waals surface area contributed by atoms with Crippen LogP contribution in [0.5, 0.6) is 0 Å². The van der Waals surface area contributed by atoms with Crippen molar-refractivity contribution in [2.24, 2.45) is 5.92 Å². The maximum Gasteiger partial charge on any atom is 0.417 e. The van der Waals surface area contributed by atoms with Gasteiger partial charge in [0.05, 0.1) is 11.1 Å². The fraction of sp³-hybridized carbons (Fsp3) is 0.481. The lowest BCUT2D eigenvalue weighted by Crippen LogP contribution is -2.51. The molecule has 0 radical (unpaired) electrons. The van der Waals surface area contributed by atoms with E-state index in [1.54, 1.807) is 0 Å². The molecule has 1 saturated heterocycles. The van der Waals surface area contributed by atoms with Gasteiger partial charge in [0.25, 0.3) is 5.91 Å². The topological polar surface area (TPSA) is 76.1 Å². The van der Waals surface area contributed by atoms with E-state index in [9.17, 15) is 41.0 Å². The van der Waals surface area contributed by atoms with Crippen LogP contribution in [-0.4, -0.2) is 43.7 Å². The Balaban J connectivity index is 1.16. The van der Waals surface area contributed by atoms with Gasteiger partial charge in [-0.25, -0.2) is 10.0 Å². The smallest absolute Gasteiger partial charge is 0.360 e. The average Bonchev–Trinajstić information content (AvgIpc) is 3.45. The molecule has 7 nitrogen and oxygen atoms in total. The van der Waals surface area contributed by atoms with E-state index in [0.717, 1.165) is 17.1 Å². The Hall–Kier alpha value is -2.20. The number of carbonyl (C=O) groups excluding carboxylic acids is 2. The van der Waals surface area contributed by atoms with Crippen LogP contribution in [0, 0.1) is 5.92 Å². The Morgan fingerprint density at radius 3 is 1.86 bits per heavy atom. The zero-order valence-electron chi connectivity index (χ0n) is 21.8. The number of amides is 2. The third kappa shape index (κ3) is 5.14. The number of nitrogens with zero attached hydrogens (tertiary/aromatic N) is 3. The first kappa shape index (κ1) is 29.9. The van der Waals surface area contributed by atoms with Crippen LogP contribution in [0.4, 0.5) is 26.3 Å². The zero-order valence-corrected chi connectivity index (χ0v) is 24.9. The molecule has 2 fully saturated rings. The van der Waals surface area contributed by atoms with Crippen molar-refractivity contribution in [1.29, 1.82) is 0 Å². The molecule has 3 heterocycles. The number of aliphatic hydroxyl groups excluding tert-OH is 1. The number of carbonyl (C=O) groups is 2. The Bertz CT molecular complexity index is 1480. The molecule has 2 atom stereocenters. The van der Waals surface area contributed by atoms with E-state index in [-0.39, 0.29) is 59.8 Å². The predicted octanol–water partition coefficient (Wildman–Crippen LogP) is 5.66. The Morgan fingerprint density at radius 2 is 1.36 bits per heavy atom. The first-order chi connectivity index (χ1) is 19.6. The summed E-state index contributed by atoms with van der Waals surface area (Å²) in [4.78, 5) is 28.5. The third-order valence-electron chi connectivity index (χ3n) is 8.49. The maximum absolute atomic E-state index is 13.9. The summed E-state index contributed by atoms with van der Waals surface area (Å²) < 4.78 is 80.1. The fourth-order valence-electron chi connectivity index (χ4n) is 6.25. The molecule has 2 aromatic carbocycles. The molecular weight excluding hydrogens is 702 g/mol. The van der Waals surface area contributed by atoms with Gasteiger partial charge in [0, 0.05) is 41.5 Å². The van der Waals surface area contributed by atoms with Crippen LogP contribution in [0.1, 0.15) is 59.1 Å². The van der Waals surface area contributed by atoms with Gasteiger partial charge in [-0.05, 0) is 71.7 Å². The van der Waals surface area contributed by atoms with Crippen molar-refractivity contribution in [3.05, 3.63) is 66.6 Å². The lowest BCUT2D eigenvalue weighted by Gasteiger charge is -2.31. The molecule has 2 N–H and O–H groups in total. The second-order valence-electron chi connectivity index (χ2n) is 11.2. The second-order valence-corrected chi connectivity index (χ2v) is 12.9. The molecule has 226 valence electrons. The molecule has 2 aromatic rings. The van der Waals surface area contributed by atoms with Crippen molar-refractivity contribution in [3.63, 3.8) is 0 Å². The van der Waals surface area contributed by atoms with Crippen molar-refractivity contribution in [3.8, 4) is 0 Å². The molecule has 1 saturated carbocycles. The van der Waals surface area contributed by atoms with Gasteiger partial charge in [-0.1, -0.05) is 31.9 Å². The summed E-state index contributed by atoms with van der Waals surface area (Å²) in [6.45, 7) is 0.243. The molecule has 4 aliphatic rings. The molecule has 0 aromatic heterocycles. The van der Waals surface area contributed by atoms with Crippen LogP contribution in [-0.2, 0) is 48.1 Å². The largest absolute Gasteiger partial charge is 0.417 e. The van der Waals surface area contributed by atoms with Gasteiger partial charge in [0.15, 0.2) is 0 Å². The molecule has 6 rings (SSSR count). The Morgan fingerprint density at radius 1 is 0.881 bits per heavy atom. The van der Waals surface area contributed by atoms with Crippen molar-refractivity contribution in [2.75, 3.05) is 0 Å². The predicted molar refractivity (Wildman–Crippen MR) is 142 cm³/mol. The number of hydrazine groups is 1. The van der Waals surface area contributed by atoms with Crippen LogP contribution in [0.15, 0.2) is 33.2 Å². The van der Waals surface area contributed by atoms with E-state index < -0.39 is 41.3 Å². The maximum atomic E-state index is 13.9. The molecule has 0 spiro atoms. The standard InChI is InChI=1S/C27H24Br2F6N4O3/c28-20-7-15-10-37(9-13(15)5-18(20)26(30,31)32)22(40)3-4-25(17-1-2-17)23(41)39(24(42)36-25)38-11-14-6-19(27(33,34)35)21(29)8-16(14)12-38/h5-8,17,24,36,42H,1-4,9-12H2/t24?,25-/m0/s1. The highest BCUT2D eigenvalue weighted by atomic mass is 79.9. The van der Waals surface area contributed by atoms with E-state index in [1.165, 1.54) is 22.0 Å². The van der Waals surface area contributed by atoms with E-state index in [0.29, 0.717) is 35.1 Å². The van der Waals surface area contributed by atoms with Gasteiger partial charge in [-0.15, -0.1) is 0 Å². The minimum absolute atomic E-state index is 0.0125. The van der Waals surface area contributed by atoms with Crippen LogP contribution >= 0.6 is 31.9 Å². The molecule has 42 heavy (non-hydrogen) atoms. The highest BCUT2D eigenvalue weighted by Gasteiger charge is 2.60. The van der Waals surface area contributed by atoms with Gasteiger partial charge in [-0.3, -0.25) is 14.9 Å². The minimum atomic E-state index is -4.56. The Labute approximate surface area is 253 Å². The van der Waals surface area contributed by atoms with Crippen LogP contribution < -0.4 is 5.32 Å². The second kappa shape index (κ2) is 10.2. The lowest BCUT2D eigenvalue weighted by molar-refractivity contribution is -0.168. The molecule has 1 unspecified atom stereocenters. The number of hydrogen-bond donors (Lipinski definition) is 2. The number of hydrogen-bond acceptors (Lipinski definition) is 5. The molecule has 2 amide bonds. The monoisotopic (exact) mass is 724 g/mol. The number of nitrogens with one attached hydrogen (secondary N) is 1. The van der Waals surface area contributed by atoms with Gasteiger partial charge in [-0.2, -0.15) is 26.3 Å². The normalized spacial score (nSPS) is 24.5. The first-order valence-corrected chi connectivity index (χ1v) is 14.8. The summed E-state index contributed by atoms with van der Waals surface area (Å²) in [7, 11) is 0. The quantitative estimate of drug-likeness (QED) is 0.390. The lowest BCUT2D eigenvalue weighted by atomic mass is 9.87. The van der Waals surface area contributed by atoms with Crippen molar-refractivity contribution >= 4 is 43.7 Å². The van der Waals surface area contributed by atoms with Gasteiger partial charge >= 0.3 is 12.4 Å². The van der Waals surface area contributed by atoms with Crippen LogP contribution in [0.3, 0.4) is 0 Å². The van der Waals surface area contributed by atoms with E-state index in [1.807, 2.05) is 0 Å². The number of rotatable bonds is 5. The molecule has 3 aliphatic heterocycles. The summed E-state index contributed by atoms with van der Waals surface area (Å²) in [5.74, 6) is -0.942. The molecule has 1 aliphatic carbocycles. The van der Waals surface area contributed by atoms with Crippen LogP contribution in [0.2, 0.25) is 0 Å². The van der Waals surface area contributed by atoms with Crippen LogP contribution in [0.25, 0.3) is 0 Å². The average molecular weight is 726 g/mol. The summed E-state index contributed by atoms with van der Waals surface area (Å²) in [5, 5.41) is 16.5.